The molecule has 0 spiro atoms. The summed E-state index contributed by atoms with van der Waals surface area (Å²) >= 11 is 4.69. The predicted octanol–water partition coefficient (Wildman–Crippen LogP) is 4.20. The molecule has 0 radical (unpaired) electrons. The number of hydrogen-bond donors (Lipinski definition) is 2. The van der Waals surface area contributed by atoms with Gasteiger partial charge in [0.1, 0.15) is 0 Å². The van der Waals surface area contributed by atoms with Gasteiger partial charge in [0.15, 0.2) is 0 Å². The molecule has 0 bridgehead atoms. The van der Waals surface area contributed by atoms with E-state index in [0.29, 0.717) is 6.61 Å². The second kappa shape index (κ2) is 9.53. The van der Waals surface area contributed by atoms with Gasteiger partial charge in [0.25, 0.3) is 0 Å². The fourth-order valence-electron chi connectivity index (χ4n) is 1.99. The van der Waals surface area contributed by atoms with Gasteiger partial charge < -0.3 is 5.11 Å². The van der Waals surface area contributed by atoms with Crippen LogP contribution in [0.5, 0.6) is 0 Å². The molecule has 0 aromatic rings. The quantitative estimate of drug-likeness (QED) is 0.427. The summed E-state index contributed by atoms with van der Waals surface area (Å²) in [6.07, 6.45) is 11.1. The maximum absolute atomic E-state index is 8.62. The van der Waals surface area contributed by atoms with Crippen LogP contribution in [-0.4, -0.2) is 16.5 Å². The molecule has 1 unspecified atom stereocenters. The molecule has 0 aliphatic carbocycles. The molecular formula is C13H28OS. The molecule has 1 atom stereocenters. The van der Waals surface area contributed by atoms with Crippen LogP contribution in [0.2, 0.25) is 0 Å². The highest BCUT2D eigenvalue weighted by atomic mass is 32.1. The highest BCUT2D eigenvalue weighted by Crippen LogP contribution is 2.27. The van der Waals surface area contributed by atoms with Gasteiger partial charge in [0, 0.05) is 11.4 Å². The minimum Gasteiger partial charge on any atom is -0.396 e. The average molecular weight is 232 g/mol. The van der Waals surface area contributed by atoms with E-state index in [-0.39, 0.29) is 4.75 Å². The van der Waals surface area contributed by atoms with Gasteiger partial charge in [0.05, 0.1) is 0 Å². The lowest BCUT2D eigenvalue weighted by Gasteiger charge is -2.22. The first-order chi connectivity index (χ1) is 7.12. The standard InChI is InChI=1S/C13H28OS/c1-3-10-13(2,15)11-8-6-4-5-7-9-12-14/h14-15H,3-12H2,1-2H3. The smallest absolute Gasteiger partial charge is 0.0431 e. The summed E-state index contributed by atoms with van der Waals surface area (Å²) in [6.45, 7) is 4.83. The Bertz CT molecular complexity index is 134. The lowest BCUT2D eigenvalue weighted by atomic mass is 9.97. The van der Waals surface area contributed by atoms with Crippen molar-refractivity contribution in [2.45, 2.75) is 76.4 Å². The fourth-order valence-corrected chi connectivity index (χ4v) is 2.37. The normalized spacial score (nSPS) is 15.2. The maximum atomic E-state index is 8.62. The molecule has 92 valence electrons. The highest BCUT2D eigenvalue weighted by molar-refractivity contribution is 7.81. The van der Waals surface area contributed by atoms with Gasteiger partial charge in [-0.15, -0.1) is 0 Å². The number of unbranched alkanes of at least 4 members (excludes halogenated alkanes) is 5. The zero-order chi connectivity index (χ0) is 11.6. The molecule has 0 saturated carbocycles. The van der Waals surface area contributed by atoms with E-state index < -0.39 is 0 Å². The first-order valence-electron chi connectivity index (χ1n) is 6.45. The number of aliphatic hydroxyl groups excluding tert-OH is 1. The Labute approximate surface area is 101 Å². The van der Waals surface area contributed by atoms with Crippen LogP contribution in [0, 0.1) is 0 Å². The van der Waals surface area contributed by atoms with Gasteiger partial charge in [-0.05, 0) is 19.3 Å². The van der Waals surface area contributed by atoms with E-state index in [1.165, 1.54) is 51.4 Å². The third kappa shape index (κ3) is 10.6. The molecule has 0 saturated heterocycles. The molecule has 0 amide bonds. The summed E-state index contributed by atoms with van der Waals surface area (Å²) in [5.41, 5.74) is 0. The fraction of sp³-hybridized carbons (Fsp3) is 1.00. The second-order valence-electron chi connectivity index (χ2n) is 4.84. The van der Waals surface area contributed by atoms with Crippen LogP contribution < -0.4 is 0 Å². The molecule has 2 heteroatoms. The van der Waals surface area contributed by atoms with Crippen molar-refractivity contribution in [2.24, 2.45) is 0 Å². The van der Waals surface area contributed by atoms with Gasteiger partial charge in [-0.3, -0.25) is 0 Å². The molecule has 0 aromatic carbocycles. The summed E-state index contributed by atoms with van der Waals surface area (Å²) in [4.78, 5) is 0. The number of aliphatic hydroxyl groups is 1. The second-order valence-corrected chi connectivity index (χ2v) is 5.92. The summed E-state index contributed by atoms with van der Waals surface area (Å²) in [5, 5.41) is 8.62. The Morgan fingerprint density at radius 3 is 2.00 bits per heavy atom. The van der Waals surface area contributed by atoms with Crippen molar-refractivity contribution >= 4 is 12.6 Å². The highest BCUT2D eigenvalue weighted by Gasteiger charge is 2.16. The molecule has 1 nitrogen and oxygen atoms in total. The van der Waals surface area contributed by atoms with Crippen LogP contribution in [0.1, 0.15) is 71.6 Å². The van der Waals surface area contributed by atoms with Gasteiger partial charge in [0.2, 0.25) is 0 Å². The largest absolute Gasteiger partial charge is 0.396 e. The van der Waals surface area contributed by atoms with Crippen molar-refractivity contribution in [3.63, 3.8) is 0 Å². The van der Waals surface area contributed by atoms with Crippen LogP contribution in [0.25, 0.3) is 0 Å². The van der Waals surface area contributed by atoms with E-state index in [2.05, 4.69) is 13.8 Å². The molecule has 0 aromatic heterocycles. The number of rotatable bonds is 10. The Morgan fingerprint density at radius 2 is 1.47 bits per heavy atom. The molecule has 0 rings (SSSR count). The topological polar surface area (TPSA) is 20.2 Å². The molecule has 15 heavy (non-hydrogen) atoms. The van der Waals surface area contributed by atoms with Crippen LogP contribution >= 0.6 is 12.6 Å². The molecule has 0 aliphatic heterocycles. The third-order valence-electron chi connectivity index (χ3n) is 2.91. The summed E-state index contributed by atoms with van der Waals surface area (Å²) in [5.74, 6) is 0. The molecule has 1 N–H and O–H groups in total. The molecule has 0 fully saturated rings. The van der Waals surface area contributed by atoms with E-state index in [0.717, 1.165) is 6.42 Å². The predicted molar refractivity (Wildman–Crippen MR) is 71.7 cm³/mol. The SMILES string of the molecule is CCCC(C)(S)CCCCCCCCO. The van der Waals surface area contributed by atoms with Gasteiger partial charge in [-0.1, -0.05) is 52.4 Å². The molecule has 0 heterocycles. The van der Waals surface area contributed by atoms with Crippen molar-refractivity contribution < 1.29 is 5.11 Å². The maximum Gasteiger partial charge on any atom is 0.0431 e. The minimum atomic E-state index is 0.250. The van der Waals surface area contributed by atoms with E-state index in [9.17, 15) is 0 Å². The van der Waals surface area contributed by atoms with Crippen molar-refractivity contribution in [3.8, 4) is 0 Å². The summed E-state index contributed by atoms with van der Waals surface area (Å²) < 4.78 is 0.250. The van der Waals surface area contributed by atoms with Crippen molar-refractivity contribution in [1.29, 1.82) is 0 Å². The van der Waals surface area contributed by atoms with E-state index in [4.69, 9.17) is 17.7 Å². The molecular weight excluding hydrogens is 204 g/mol. The van der Waals surface area contributed by atoms with Crippen molar-refractivity contribution in [3.05, 3.63) is 0 Å². The lowest BCUT2D eigenvalue weighted by molar-refractivity contribution is 0.282. The first kappa shape index (κ1) is 15.3. The number of hydrogen-bond acceptors (Lipinski definition) is 2. The van der Waals surface area contributed by atoms with Crippen LogP contribution in [0.15, 0.2) is 0 Å². The Kier molecular flexibility index (Phi) is 9.73. The monoisotopic (exact) mass is 232 g/mol. The van der Waals surface area contributed by atoms with Crippen LogP contribution in [0.3, 0.4) is 0 Å². The Hall–Kier alpha value is 0.310. The zero-order valence-corrected chi connectivity index (χ0v) is 11.4. The third-order valence-corrected chi connectivity index (χ3v) is 3.36. The van der Waals surface area contributed by atoms with Gasteiger partial charge in [-0.25, -0.2) is 0 Å². The van der Waals surface area contributed by atoms with Gasteiger partial charge >= 0.3 is 0 Å². The van der Waals surface area contributed by atoms with E-state index in [1.807, 2.05) is 0 Å². The van der Waals surface area contributed by atoms with Crippen molar-refractivity contribution in [1.82, 2.24) is 0 Å². The minimum absolute atomic E-state index is 0.250. The van der Waals surface area contributed by atoms with Crippen molar-refractivity contribution in [2.75, 3.05) is 6.61 Å². The van der Waals surface area contributed by atoms with Crippen LogP contribution in [0.4, 0.5) is 0 Å². The number of thiol groups is 1. The summed E-state index contributed by atoms with van der Waals surface area (Å²) in [6, 6.07) is 0. The zero-order valence-electron chi connectivity index (χ0n) is 10.5. The van der Waals surface area contributed by atoms with Crippen LogP contribution in [-0.2, 0) is 0 Å². The molecule has 0 aliphatic rings. The van der Waals surface area contributed by atoms with E-state index >= 15 is 0 Å². The Balaban J connectivity index is 3.22. The summed E-state index contributed by atoms with van der Waals surface area (Å²) in [7, 11) is 0. The first-order valence-corrected chi connectivity index (χ1v) is 6.90. The Morgan fingerprint density at radius 1 is 0.933 bits per heavy atom. The van der Waals surface area contributed by atoms with Gasteiger partial charge in [-0.2, -0.15) is 12.6 Å². The van der Waals surface area contributed by atoms with E-state index in [1.54, 1.807) is 0 Å². The average Bonchev–Trinajstić information content (AvgIpc) is 2.16. The lowest BCUT2D eigenvalue weighted by Crippen LogP contribution is -2.15.